The molecule has 1 aliphatic heterocycles. The molecule has 1 aromatic rings. The highest BCUT2D eigenvalue weighted by Crippen LogP contribution is 2.27. The highest BCUT2D eigenvalue weighted by molar-refractivity contribution is 7.90. The van der Waals surface area contributed by atoms with Crippen molar-refractivity contribution in [2.45, 2.75) is 29.7 Å². The molecule has 0 saturated carbocycles. The van der Waals surface area contributed by atoms with E-state index in [1.54, 1.807) is 0 Å². The van der Waals surface area contributed by atoms with E-state index in [2.05, 4.69) is 21.9 Å². The van der Waals surface area contributed by atoms with Gasteiger partial charge >= 0.3 is 0 Å². The van der Waals surface area contributed by atoms with Gasteiger partial charge in [-0.2, -0.15) is 0 Å². The van der Waals surface area contributed by atoms with Crippen molar-refractivity contribution in [1.82, 2.24) is 15.0 Å². The third-order valence-corrected chi connectivity index (χ3v) is 6.29. The lowest BCUT2D eigenvalue weighted by Crippen LogP contribution is -2.42. The fraction of sp³-hybridized carbons (Fsp3) is 0.615. The lowest BCUT2D eigenvalue weighted by Gasteiger charge is -2.34. The van der Waals surface area contributed by atoms with Crippen LogP contribution in [0.4, 0.5) is 0 Å². The number of aromatic nitrogens is 1. The molecule has 1 aromatic heterocycles. The summed E-state index contributed by atoms with van der Waals surface area (Å²) in [5.74, 6) is 0. The Labute approximate surface area is 143 Å². The van der Waals surface area contributed by atoms with E-state index in [1.807, 2.05) is 0 Å². The number of pyridine rings is 1. The van der Waals surface area contributed by atoms with Crippen molar-refractivity contribution in [1.29, 1.82) is 0 Å². The van der Waals surface area contributed by atoms with Crippen molar-refractivity contribution in [2.24, 2.45) is 5.41 Å². The highest BCUT2D eigenvalue weighted by atomic mass is 35.5. The Morgan fingerprint density at radius 3 is 2.30 bits per heavy atom. The normalized spacial score (nSPS) is 18.2. The fourth-order valence-corrected chi connectivity index (χ4v) is 4.01. The van der Waals surface area contributed by atoms with E-state index in [0.717, 1.165) is 38.4 Å². The van der Waals surface area contributed by atoms with Crippen LogP contribution in [0.15, 0.2) is 28.3 Å². The summed E-state index contributed by atoms with van der Waals surface area (Å²) in [4.78, 5) is 3.68. The lowest BCUT2D eigenvalue weighted by atomic mass is 9.81. The maximum absolute atomic E-state index is 12.3. The molecule has 132 valence electrons. The summed E-state index contributed by atoms with van der Waals surface area (Å²) < 4.78 is 49.8. The number of piperidine rings is 1. The number of nitrogens with zero attached hydrogens (tertiary/aromatic N) is 1. The van der Waals surface area contributed by atoms with Gasteiger partial charge in [0.15, 0.2) is 14.9 Å². The molecule has 0 bridgehead atoms. The molecule has 1 fully saturated rings. The maximum atomic E-state index is 12.3. The summed E-state index contributed by atoms with van der Waals surface area (Å²) in [6.45, 7) is 4.16. The minimum atomic E-state index is -3.69. The molecule has 2 N–H and O–H groups in total. The van der Waals surface area contributed by atoms with Gasteiger partial charge in [0.05, 0.1) is 0 Å². The maximum Gasteiger partial charge on any atom is 0.242 e. The molecule has 0 spiro atoms. The van der Waals surface area contributed by atoms with E-state index in [0.29, 0.717) is 6.54 Å². The van der Waals surface area contributed by atoms with Crippen molar-refractivity contribution >= 4 is 32.3 Å². The van der Waals surface area contributed by atoms with Crippen LogP contribution in [0.2, 0.25) is 0 Å². The Hall–Kier alpha value is -0.740. The Morgan fingerprint density at radius 2 is 1.83 bits per heavy atom. The first-order valence-electron chi connectivity index (χ1n) is 6.99. The highest BCUT2D eigenvalue weighted by Gasteiger charge is 2.28. The summed E-state index contributed by atoms with van der Waals surface area (Å²) in [6.07, 6.45) is 3.91. The van der Waals surface area contributed by atoms with Crippen LogP contribution in [0.25, 0.3) is 0 Å². The molecule has 7 nitrogen and oxygen atoms in total. The standard InChI is InChI=1S/C13H21N3O4S2.ClH/c1-13(5-7-14-8-6-13)10-16-22(19,20)11-3-4-12(15-9-11)21(2,17)18;/h3-4,9,14,16H,5-8,10H2,1-2H3;1H. The number of hydrogen-bond acceptors (Lipinski definition) is 6. The fourth-order valence-electron chi connectivity index (χ4n) is 2.30. The zero-order valence-corrected chi connectivity index (χ0v) is 15.5. The second kappa shape index (κ2) is 7.43. The predicted molar refractivity (Wildman–Crippen MR) is 90.0 cm³/mol. The first-order valence-corrected chi connectivity index (χ1v) is 10.4. The molecule has 1 aliphatic rings. The van der Waals surface area contributed by atoms with E-state index in [1.165, 1.54) is 12.1 Å². The molecule has 2 heterocycles. The summed E-state index contributed by atoms with van der Waals surface area (Å²) in [6, 6.07) is 2.46. The number of sulfone groups is 1. The number of rotatable bonds is 5. The average molecular weight is 384 g/mol. The van der Waals surface area contributed by atoms with Crippen LogP contribution >= 0.6 is 12.4 Å². The topological polar surface area (TPSA) is 105 Å². The summed E-state index contributed by atoms with van der Waals surface area (Å²) in [5, 5.41) is 3.10. The van der Waals surface area contributed by atoms with Gasteiger partial charge in [-0.25, -0.2) is 26.5 Å². The molecule has 10 heteroatoms. The molecule has 0 amide bonds. The van der Waals surface area contributed by atoms with Gasteiger partial charge in [0, 0.05) is 19.0 Å². The van der Waals surface area contributed by atoms with Crippen molar-refractivity contribution in [3.05, 3.63) is 18.3 Å². The Kier molecular flexibility index (Phi) is 6.56. The van der Waals surface area contributed by atoms with Gasteiger partial charge in [-0.15, -0.1) is 12.4 Å². The average Bonchev–Trinajstić information content (AvgIpc) is 2.46. The van der Waals surface area contributed by atoms with Crippen molar-refractivity contribution in [3.63, 3.8) is 0 Å². The number of halogens is 1. The first kappa shape index (κ1) is 20.3. The van der Waals surface area contributed by atoms with Crippen LogP contribution in [-0.2, 0) is 19.9 Å². The molecule has 0 unspecified atom stereocenters. The third kappa shape index (κ3) is 5.39. The summed E-state index contributed by atoms with van der Waals surface area (Å²) >= 11 is 0. The largest absolute Gasteiger partial charge is 0.317 e. The molecular weight excluding hydrogens is 362 g/mol. The Balaban J connectivity index is 0.00000264. The van der Waals surface area contributed by atoms with Crippen molar-refractivity contribution in [3.8, 4) is 0 Å². The minimum absolute atomic E-state index is 0. The zero-order valence-electron chi connectivity index (χ0n) is 13.1. The smallest absolute Gasteiger partial charge is 0.242 e. The summed E-state index contributed by atoms with van der Waals surface area (Å²) in [7, 11) is -7.13. The van der Waals surface area contributed by atoms with Gasteiger partial charge < -0.3 is 5.32 Å². The number of sulfonamides is 1. The minimum Gasteiger partial charge on any atom is -0.317 e. The van der Waals surface area contributed by atoms with E-state index in [-0.39, 0.29) is 27.7 Å². The van der Waals surface area contributed by atoms with Crippen LogP contribution in [-0.4, -0.2) is 47.7 Å². The molecule has 0 atom stereocenters. The van der Waals surface area contributed by atoms with Gasteiger partial charge in [-0.3, -0.25) is 0 Å². The van der Waals surface area contributed by atoms with Crippen LogP contribution < -0.4 is 10.0 Å². The molecule has 23 heavy (non-hydrogen) atoms. The van der Waals surface area contributed by atoms with Gasteiger partial charge in [0.25, 0.3) is 0 Å². The van der Waals surface area contributed by atoms with E-state index in [9.17, 15) is 16.8 Å². The Morgan fingerprint density at radius 1 is 1.22 bits per heavy atom. The van der Waals surface area contributed by atoms with Gasteiger partial charge in [-0.05, 0) is 43.5 Å². The quantitative estimate of drug-likeness (QED) is 0.770. The SMILES string of the molecule is CC1(CNS(=O)(=O)c2ccc(S(C)(=O)=O)nc2)CCNCC1.Cl. The molecule has 0 aromatic carbocycles. The predicted octanol–water partition coefficient (Wildman–Crippen LogP) is 0.575. The van der Waals surface area contributed by atoms with Gasteiger partial charge in [0.2, 0.25) is 10.0 Å². The zero-order chi connectivity index (χ0) is 16.4. The van der Waals surface area contributed by atoms with Crippen LogP contribution in [0, 0.1) is 5.41 Å². The van der Waals surface area contributed by atoms with Crippen molar-refractivity contribution in [2.75, 3.05) is 25.9 Å². The summed E-state index contributed by atoms with van der Waals surface area (Å²) in [5.41, 5.74) is -0.0710. The van der Waals surface area contributed by atoms with Crippen LogP contribution in [0.3, 0.4) is 0 Å². The lowest BCUT2D eigenvalue weighted by molar-refractivity contribution is 0.232. The Bertz CT molecular complexity index is 727. The van der Waals surface area contributed by atoms with E-state index < -0.39 is 19.9 Å². The second-order valence-electron chi connectivity index (χ2n) is 5.99. The van der Waals surface area contributed by atoms with E-state index in [4.69, 9.17) is 0 Å². The number of hydrogen-bond donors (Lipinski definition) is 2. The van der Waals surface area contributed by atoms with Gasteiger partial charge in [-0.1, -0.05) is 6.92 Å². The molecule has 0 radical (unpaired) electrons. The van der Waals surface area contributed by atoms with Gasteiger partial charge in [0.1, 0.15) is 4.90 Å². The first-order chi connectivity index (χ1) is 10.1. The third-order valence-electron chi connectivity index (χ3n) is 3.90. The van der Waals surface area contributed by atoms with Crippen LogP contribution in [0.5, 0.6) is 0 Å². The van der Waals surface area contributed by atoms with Crippen LogP contribution in [0.1, 0.15) is 19.8 Å². The molecule has 0 aliphatic carbocycles. The monoisotopic (exact) mass is 383 g/mol. The second-order valence-corrected chi connectivity index (χ2v) is 9.72. The van der Waals surface area contributed by atoms with E-state index >= 15 is 0 Å². The molecular formula is C13H22ClN3O4S2. The molecule has 1 saturated heterocycles. The number of nitrogens with one attached hydrogen (secondary N) is 2. The molecule has 2 rings (SSSR count). The van der Waals surface area contributed by atoms with Crippen molar-refractivity contribution < 1.29 is 16.8 Å².